The summed E-state index contributed by atoms with van der Waals surface area (Å²) in [7, 11) is 4.85. The summed E-state index contributed by atoms with van der Waals surface area (Å²) in [6.07, 6.45) is 3.46. The molecule has 4 aromatic rings. The van der Waals surface area contributed by atoms with E-state index >= 15 is 0 Å². The standard InChI is InChI=1S/C35H45N7O6S/c1-22-13-28(39-48-22)35(44)42-11-7-6-10-40(19-30-23(2)37-21-49-30)18-25-14-26-27(15-29(45-3)33(47-5)32(26)46-4)38-34(25)41-12-8-9-24(17-41)16-36-31(43)20-42/h13-15,21,24H,6-12,16-20H2,1-5H3,(H,36,43). The lowest BCUT2D eigenvalue weighted by atomic mass is 9.97. The number of anilines is 1. The molecule has 49 heavy (non-hydrogen) atoms. The highest BCUT2D eigenvalue weighted by atomic mass is 32.1. The third-order valence-electron chi connectivity index (χ3n) is 9.31. The lowest BCUT2D eigenvalue weighted by Crippen LogP contribution is -2.45. The number of carbonyl (C=O) groups is 2. The topological polar surface area (TPSA) is 135 Å². The van der Waals surface area contributed by atoms with Crippen molar-refractivity contribution in [1.29, 1.82) is 0 Å². The molecule has 262 valence electrons. The van der Waals surface area contributed by atoms with Gasteiger partial charge in [-0.1, -0.05) is 5.16 Å². The molecular weight excluding hydrogens is 646 g/mol. The van der Waals surface area contributed by atoms with Crippen LogP contribution in [0, 0.1) is 19.8 Å². The molecule has 1 saturated heterocycles. The molecule has 2 amide bonds. The van der Waals surface area contributed by atoms with Crippen molar-refractivity contribution in [3.05, 3.63) is 51.3 Å². The van der Waals surface area contributed by atoms with Crippen LogP contribution in [0.4, 0.5) is 5.82 Å². The highest BCUT2D eigenvalue weighted by Gasteiger charge is 2.28. The predicted molar refractivity (Wildman–Crippen MR) is 187 cm³/mol. The number of pyridine rings is 1. The molecule has 13 nitrogen and oxygen atoms in total. The SMILES string of the molecule is COc1cc2nc3c(cc2c(OC)c1OC)CN(Cc1scnc1C)CCCCN(C(=O)c1cc(C)on1)CC(=O)NCC1CCCN3C1. The van der Waals surface area contributed by atoms with E-state index in [2.05, 4.69) is 31.3 Å². The minimum Gasteiger partial charge on any atom is -0.493 e. The summed E-state index contributed by atoms with van der Waals surface area (Å²) in [5.74, 6) is 2.87. The van der Waals surface area contributed by atoms with E-state index in [1.807, 2.05) is 18.5 Å². The van der Waals surface area contributed by atoms with Crippen LogP contribution in [0.2, 0.25) is 0 Å². The minimum atomic E-state index is -0.304. The van der Waals surface area contributed by atoms with Crippen molar-refractivity contribution >= 4 is 39.9 Å². The number of thiazole rings is 1. The van der Waals surface area contributed by atoms with Gasteiger partial charge in [0, 0.05) is 67.2 Å². The number of piperidine rings is 1. The Balaban J connectivity index is 1.38. The van der Waals surface area contributed by atoms with Crippen LogP contribution in [0.25, 0.3) is 10.9 Å². The molecular formula is C35H45N7O6S. The van der Waals surface area contributed by atoms with Crippen molar-refractivity contribution in [3.63, 3.8) is 0 Å². The molecule has 0 saturated carbocycles. The molecule has 5 heterocycles. The van der Waals surface area contributed by atoms with Gasteiger partial charge in [0.2, 0.25) is 11.7 Å². The molecule has 0 aliphatic carbocycles. The van der Waals surface area contributed by atoms with E-state index in [0.717, 1.165) is 73.4 Å². The number of carbonyl (C=O) groups excluding carboxylic acids is 2. The van der Waals surface area contributed by atoms with E-state index < -0.39 is 0 Å². The number of ether oxygens (including phenoxy) is 3. The van der Waals surface area contributed by atoms with Crippen LogP contribution in [0.5, 0.6) is 17.2 Å². The van der Waals surface area contributed by atoms with E-state index in [-0.39, 0.29) is 30.0 Å². The zero-order valence-corrected chi connectivity index (χ0v) is 29.7. The Morgan fingerprint density at radius 3 is 2.55 bits per heavy atom. The summed E-state index contributed by atoms with van der Waals surface area (Å²) in [6, 6.07) is 5.70. The van der Waals surface area contributed by atoms with Gasteiger partial charge in [-0.3, -0.25) is 14.5 Å². The van der Waals surface area contributed by atoms with Crippen LogP contribution in [0.1, 0.15) is 58.1 Å². The Morgan fingerprint density at radius 2 is 1.84 bits per heavy atom. The molecule has 0 spiro atoms. The van der Waals surface area contributed by atoms with Crippen molar-refractivity contribution in [2.24, 2.45) is 5.92 Å². The number of methoxy groups -OCH3 is 3. The van der Waals surface area contributed by atoms with E-state index in [4.69, 9.17) is 23.7 Å². The van der Waals surface area contributed by atoms with Crippen LogP contribution in [0.15, 0.2) is 28.2 Å². The first-order valence-corrected chi connectivity index (χ1v) is 17.6. The largest absolute Gasteiger partial charge is 0.493 e. The number of hydrogen-bond donors (Lipinski definition) is 1. The molecule has 1 unspecified atom stereocenters. The number of amides is 2. The van der Waals surface area contributed by atoms with Crippen LogP contribution >= 0.6 is 11.3 Å². The fourth-order valence-electron chi connectivity index (χ4n) is 6.78. The first-order valence-electron chi connectivity index (χ1n) is 16.8. The van der Waals surface area contributed by atoms with Crippen LogP contribution in [-0.4, -0.2) is 97.3 Å². The fourth-order valence-corrected chi connectivity index (χ4v) is 7.60. The number of aromatic nitrogens is 3. The smallest absolute Gasteiger partial charge is 0.276 e. The van der Waals surface area contributed by atoms with Gasteiger partial charge >= 0.3 is 0 Å². The van der Waals surface area contributed by atoms with E-state index in [0.29, 0.717) is 49.1 Å². The maximum Gasteiger partial charge on any atom is 0.276 e. The Morgan fingerprint density at radius 1 is 1.02 bits per heavy atom. The molecule has 1 atom stereocenters. The fraction of sp³-hybridized carbons (Fsp3) is 0.514. The van der Waals surface area contributed by atoms with Gasteiger partial charge in [-0.2, -0.15) is 0 Å². The quantitative estimate of drug-likeness (QED) is 0.304. The zero-order chi connectivity index (χ0) is 34.5. The molecule has 2 bridgehead atoms. The lowest BCUT2D eigenvalue weighted by Gasteiger charge is -2.36. The summed E-state index contributed by atoms with van der Waals surface area (Å²) in [5.41, 5.74) is 4.97. The van der Waals surface area contributed by atoms with Crippen LogP contribution < -0.4 is 24.4 Å². The average molecular weight is 692 g/mol. The molecule has 2 aliphatic rings. The Hall–Kier alpha value is -4.43. The molecule has 2 aliphatic heterocycles. The van der Waals surface area contributed by atoms with Gasteiger partial charge < -0.3 is 33.9 Å². The first-order chi connectivity index (χ1) is 23.8. The van der Waals surface area contributed by atoms with E-state index in [9.17, 15) is 9.59 Å². The second kappa shape index (κ2) is 15.4. The van der Waals surface area contributed by atoms with Gasteiger partial charge in [0.25, 0.3) is 5.91 Å². The highest BCUT2D eigenvalue weighted by molar-refractivity contribution is 7.09. The second-order valence-electron chi connectivity index (χ2n) is 12.8. The summed E-state index contributed by atoms with van der Waals surface area (Å²) < 4.78 is 22.5. The van der Waals surface area contributed by atoms with Crippen LogP contribution in [0.3, 0.4) is 0 Å². The normalized spacial score (nSPS) is 18.2. The van der Waals surface area contributed by atoms with Gasteiger partial charge in [0.05, 0.1) is 44.6 Å². The number of aryl methyl sites for hydroxylation is 2. The Kier molecular flexibility index (Phi) is 10.8. The maximum atomic E-state index is 13.4. The lowest BCUT2D eigenvalue weighted by molar-refractivity contribution is -0.122. The highest BCUT2D eigenvalue weighted by Crippen LogP contribution is 2.44. The first kappa shape index (κ1) is 34.4. The Bertz CT molecular complexity index is 1790. The third-order valence-corrected chi connectivity index (χ3v) is 10.2. The van der Waals surface area contributed by atoms with E-state index in [1.165, 1.54) is 4.88 Å². The van der Waals surface area contributed by atoms with E-state index in [1.54, 1.807) is 50.6 Å². The third kappa shape index (κ3) is 7.75. The van der Waals surface area contributed by atoms with Crippen molar-refractivity contribution in [2.45, 2.75) is 52.6 Å². The second-order valence-corrected chi connectivity index (χ2v) is 13.7. The van der Waals surface area contributed by atoms with Crippen molar-refractivity contribution in [2.75, 3.05) is 65.5 Å². The summed E-state index contributed by atoms with van der Waals surface area (Å²) >= 11 is 1.66. The molecule has 1 N–H and O–H groups in total. The molecule has 3 aromatic heterocycles. The van der Waals surface area contributed by atoms with Gasteiger partial charge in [0.15, 0.2) is 17.2 Å². The van der Waals surface area contributed by atoms with Gasteiger partial charge in [0.1, 0.15) is 11.6 Å². The molecule has 0 radical (unpaired) electrons. The van der Waals surface area contributed by atoms with Crippen molar-refractivity contribution in [3.8, 4) is 17.2 Å². The zero-order valence-electron chi connectivity index (χ0n) is 28.9. The summed E-state index contributed by atoms with van der Waals surface area (Å²) in [4.78, 5) is 44.0. The molecule has 6 rings (SSSR count). The summed E-state index contributed by atoms with van der Waals surface area (Å²) in [6.45, 7) is 8.42. The van der Waals surface area contributed by atoms with Crippen LogP contribution in [-0.2, 0) is 17.9 Å². The number of nitrogens with one attached hydrogen (secondary N) is 1. The molecule has 1 fully saturated rings. The van der Waals surface area contributed by atoms with Crippen molar-refractivity contribution < 1.29 is 28.3 Å². The minimum absolute atomic E-state index is 0.0333. The van der Waals surface area contributed by atoms with Crippen molar-refractivity contribution in [1.82, 2.24) is 30.2 Å². The molecule has 14 heteroatoms. The number of fused-ring (bicyclic) bond motifs is 5. The Labute approximate surface area is 290 Å². The number of rotatable bonds is 6. The van der Waals surface area contributed by atoms with Gasteiger partial charge in [-0.05, 0) is 58.1 Å². The van der Waals surface area contributed by atoms with Gasteiger partial charge in [-0.25, -0.2) is 9.97 Å². The monoisotopic (exact) mass is 691 g/mol. The van der Waals surface area contributed by atoms with Gasteiger partial charge in [-0.15, -0.1) is 11.3 Å². The number of benzene rings is 1. The molecule has 1 aromatic carbocycles. The number of nitrogens with zero attached hydrogens (tertiary/aromatic N) is 6. The number of hydrogen-bond acceptors (Lipinski definition) is 12. The maximum absolute atomic E-state index is 13.4. The predicted octanol–water partition coefficient (Wildman–Crippen LogP) is 4.59. The summed E-state index contributed by atoms with van der Waals surface area (Å²) in [5, 5.41) is 7.89. The average Bonchev–Trinajstić information content (AvgIpc) is 3.73.